The minimum absolute atomic E-state index is 0.0176. The number of nitrogens with one attached hydrogen (secondary N) is 1. The summed E-state index contributed by atoms with van der Waals surface area (Å²) in [5, 5.41) is 2.64. The molecule has 4 rings (SSSR count). The van der Waals surface area contributed by atoms with Crippen molar-refractivity contribution in [3.8, 4) is 0 Å². The number of sulfone groups is 1. The molecular weight excluding hydrogens is 471 g/mol. The van der Waals surface area contributed by atoms with E-state index in [9.17, 15) is 31.2 Å². The van der Waals surface area contributed by atoms with Gasteiger partial charge in [0.25, 0.3) is 15.7 Å². The van der Waals surface area contributed by atoms with Crippen LogP contribution in [0.25, 0.3) is 0 Å². The highest BCUT2D eigenvalue weighted by atomic mass is 32.2. The molecule has 0 bridgehead atoms. The second-order valence-electron chi connectivity index (χ2n) is 8.68. The highest BCUT2D eigenvalue weighted by molar-refractivity contribution is 7.92. The molecule has 3 amide bonds. The molecule has 2 unspecified atom stereocenters. The molecule has 1 aliphatic carbocycles. The van der Waals surface area contributed by atoms with Gasteiger partial charge in [-0.05, 0) is 54.8 Å². The topological polar surface area (TPSA) is 96.4 Å². The average molecular weight is 496 g/mol. The summed E-state index contributed by atoms with van der Waals surface area (Å²) >= 11 is 0. The summed E-state index contributed by atoms with van der Waals surface area (Å²) in [5.74, 6) is -0.575. The van der Waals surface area contributed by atoms with Gasteiger partial charge in [0.1, 0.15) is 6.04 Å². The monoisotopic (exact) mass is 495 g/mol. The first-order chi connectivity index (χ1) is 16.0. The average Bonchev–Trinajstić information content (AvgIpc) is 3.12. The highest BCUT2D eigenvalue weighted by Gasteiger charge is 2.47. The first-order valence-corrected chi connectivity index (χ1v) is 12.5. The third-order valence-corrected chi connectivity index (χ3v) is 8.03. The summed E-state index contributed by atoms with van der Waals surface area (Å²) in [6.07, 6.45) is 7.36. The Labute approximate surface area is 195 Å². The van der Waals surface area contributed by atoms with Gasteiger partial charge in [0, 0.05) is 23.7 Å². The number of carbonyl (C=O) groups is 2. The van der Waals surface area contributed by atoms with Crippen LogP contribution in [0.15, 0.2) is 47.5 Å². The van der Waals surface area contributed by atoms with Crippen molar-refractivity contribution in [1.82, 2.24) is 10.3 Å². The number of pyridine rings is 1. The number of alkyl halides is 3. The summed E-state index contributed by atoms with van der Waals surface area (Å²) in [7, 11) is -5.53. The van der Waals surface area contributed by atoms with Crippen molar-refractivity contribution in [3.63, 3.8) is 0 Å². The number of hydrogen-bond acceptors (Lipinski definition) is 5. The van der Waals surface area contributed by atoms with Crippen LogP contribution in [0, 0.1) is 0 Å². The van der Waals surface area contributed by atoms with Gasteiger partial charge in [0.05, 0.1) is 10.6 Å². The Hall–Kier alpha value is -2.95. The molecule has 2 fully saturated rings. The molecule has 2 aromatic rings. The molecule has 7 nitrogen and oxygen atoms in total. The molecule has 34 heavy (non-hydrogen) atoms. The third kappa shape index (κ3) is 4.40. The zero-order valence-corrected chi connectivity index (χ0v) is 19.2. The SMILES string of the molecule is CC(c1ccnc(C2CCCCC2)c1)C1NC(=O)N(c2ccc(S(=O)(=O)C(F)(F)F)cc2)C1=O. The summed E-state index contributed by atoms with van der Waals surface area (Å²) < 4.78 is 61.4. The van der Waals surface area contributed by atoms with Crippen molar-refractivity contribution in [2.24, 2.45) is 0 Å². The summed E-state index contributed by atoms with van der Waals surface area (Å²) in [6, 6.07) is 5.65. The van der Waals surface area contributed by atoms with Crippen LogP contribution < -0.4 is 10.2 Å². The molecule has 0 radical (unpaired) electrons. The number of carbonyl (C=O) groups excluding carboxylic acids is 2. The van der Waals surface area contributed by atoms with Crippen LogP contribution in [0.2, 0.25) is 0 Å². The number of urea groups is 1. The molecule has 182 valence electrons. The number of anilines is 1. The molecule has 1 saturated carbocycles. The van der Waals surface area contributed by atoms with Crippen molar-refractivity contribution < 1.29 is 31.2 Å². The third-order valence-electron chi connectivity index (χ3n) is 6.53. The zero-order chi connectivity index (χ0) is 24.7. The lowest BCUT2D eigenvalue weighted by atomic mass is 9.85. The number of benzene rings is 1. The summed E-state index contributed by atoms with van der Waals surface area (Å²) in [4.78, 5) is 30.0. The number of aromatic nitrogens is 1. The predicted octanol–water partition coefficient (Wildman–Crippen LogP) is 4.65. The van der Waals surface area contributed by atoms with E-state index in [-0.39, 0.29) is 11.6 Å². The molecule has 1 aromatic heterocycles. The lowest BCUT2D eigenvalue weighted by molar-refractivity contribution is -0.118. The fourth-order valence-corrected chi connectivity index (χ4v) is 5.31. The Morgan fingerprint density at radius 3 is 2.32 bits per heavy atom. The molecule has 1 saturated heterocycles. The van der Waals surface area contributed by atoms with Gasteiger partial charge in [-0.2, -0.15) is 13.2 Å². The van der Waals surface area contributed by atoms with Crippen LogP contribution in [0.3, 0.4) is 0 Å². The summed E-state index contributed by atoms with van der Waals surface area (Å²) in [5.41, 5.74) is -3.64. The molecule has 2 heterocycles. The Morgan fingerprint density at radius 2 is 1.71 bits per heavy atom. The lowest BCUT2D eigenvalue weighted by Crippen LogP contribution is -2.35. The van der Waals surface area contributed by atoms with E-state index < -0.39 is 38.2 Å². The van der Waals surface area contributed by atoms with Gasteiger partial charge >= 0.3 is 11.5 Å². The largest absolute Gasteiger partial charge is 0.501 e. The number of rotatable bonds is 5. The van der Waals surface area contributed by atoms with Crippen LogP contribution in [0.1, 0.15) is 62.1 Å². The number of hydrogen-bond donors (Lipinski definition) is 1. The molecule has 2 aliphatic rings. The van der Waals surface area contributed by atoms with Crippen LogP contribution in [0.5, 0.6) is 0 Å². The van der Waals surface area contributed by atoms with E-state index in [0.717, 1.165) is 66.1 Å². The van der Waals surface area contributed by atoms with E-state index in [1.807, 2.05) is 13.0 Å². The number of halogens is 3. The van der Waals surface area contributed by atoms with E-state index in [1.165, 1.54) is 6.42 Å². The zero-order valence-electron chi connectivity index (χ0n) is 18.4. The van der Waals surface area contributed by atoms with E-state index in [2.05, 4.69) is 10.3 Å². The minimum Gasteiger partial charge on any atom is -0.325 e. The maximum absolute atomic E-state index is 13.1. The first-order valence-electron chi connectivity index (χ1n) is 11.0. The predicted molar refractivity (Wildman–Crippen MR) is 118 cm³/mol. The van der Waals surface area contributed by atoms with E-state index >= 15 is 0 Å². The maximum atomic E-state index is 13.1. The number of amides is 3. The fraction of sp³-hybridized carbons (Fsp3) is 0.435. The lowest BCUT2D eigenvalue weighted by Gasteiger charge is -2.23. The standard InChI is InChI=1S/C23H24F3N3O4S/c1-14(16-11-12-27-19(13-16)15-5-3-2-4-6-15)20-21(30)29(22(31)28-20)17-7-9-18(10-8-17)34(32,33)23(24,25)26/h7-15,20H,2-6H2,1H3,(H,28,31). The van der Waals surface area contributed by atoms with Gasteiger partial charge in [-0.25, -0.2) is 18.1 Å². The Balaban J connectivity index is 1.54. The molecular formula is C23H24F3N3O4S. The van der Waals surface area contributed by atoms with Crippen molar-refractivity contribution in [1.29, 1.82) is 0 Å². The van der Waals surface area contributed by atoms with Crippen LogP contribution in [0.4, 0.5) is 23.7 Å². The summed E-state index contributed by atoms with van der Waals surface area (Å²) in [6.45, 7) is 1.81. The van der Waals surface area contributed by atoms with E-state index in [1.54, 1.807) is 12.3 Å². The second kappa shape index (κ2) is 9.01. The molecule has 11 heteroatoms. The first kappa shape index (κ1) is 24.2. The van der Waals surface area contributed by atoms with Crippen LogP contribution >= 0.6 is 0 Å². The quantitative estimate of drug-likeness (QED) is 0.609. The maximum Gasteiger partial charge on any atom is 0.501 e. The van der Waals surface area contributed by atoms with Gasteiger partial charge in [-0.15, -0.1) is 0 Å². The molecule has 0 spiro atoms. The fourth-order valence-electron chi connectivity index (χ4n) is 4.55. The Kier molecular flexibility index (Phi) is 6.41. The molecule has 1 aromatic carbocycles. The van der Waals surface area contributed by atoms with Gasteiger partial charge in [0.15, 0.2) is 0 Å². The second-order valence-corrected chi connectivity index (χ2v) is 10.6. The normalized spacial score (nSPS) is 20.9. The van der Waals surface area contributed by atoms with Gasteiger partial charge in [0.2, 0.25) is 0 Å². The molecule has 1 aliphatic heterocycles. The molecule has 1 N–H and O–H groups in total. The highest BCUT2D eigenvalue weighted by Crippen LogP contribution is 2.35. The number of nitrogens with zero attached hydrogens (tertiary/aromatic N) is 2. The van der Waals surface area contributed by atoms with Crippen LogP contribution in [-0.2, 0) is 14.6 Å². The van der Waals surface area contributed by atoms with Gasteiger partial charge in [-0.1, -0.05) is 26.2 Å². The molecule has 2 atom stereocenters. The van der Waals surface area contributed by atoms with Crippen molar-refractivity contribution in [2.75, 3.05) is 4.90 Å². The van der Waals surface area contributed by atoms with Crippen molar-refractivity contribution >= 4 is 27.5 Å². The van der Waals surface area contributed by atoms with Crippen molar-refractivity contribution in [2.45, 2.75) is 67.3 Å². The van der Waals surface area contributed by atoms with E-state index in [0.29, 0.717) is 5.92 Å². The Bertz CT molecular complexity index is 1190. The van der Waals surface area contributed by atoms with Gasteiger partial charge < -0.3 is 5.32 Å². The minimum atomic E-state index is -5.53. The smallest absolute Gasteiger partial charge is 0.325 e. The number of imide groups is 1. The van der Waals surface area contributed by atoms with Gasteiger partial charge in [-0.3, -0.25) is 9.78 Å². The van der Waals surface area contributed by atoms with Crippen molar-refractivity contribution in [3.05, 3.63) is 53.9 Å². The van der Waals surface area contributed by atoms with Crippen LogP contribution in [-0.4, -0.2) is 36.9 Å². The van der Waals surface area contributed by atoms with E-state index in [4.69, 9.17) is 0 Å². The Morgan fingerprint density at radius 1 is 1.06 bits per heavy atom.